The van der Waals surface area contributed by atoms with E-state index < -0.39 is 230 Å². The van der Waals surface area contributed by atoms with E-state index >= 15 is 37.5 Å². The molecule has 3 heterocycles. The van der Waals surface area contributed by atoms with Gasteiger partial charge in [0.2, 0.25) is 70.9 Å². The van der Waals surface area contributed by atoms with Crippen LogP contribution in [0.25, 0.3) is 0 Å². The predicted octanol–water partition coefficient (Wildman–Crippen LogP) is 6.89. The van der Waals surface area contributed by atoms with Crippen LogP contribution in [0.5, 0.6) is 0 Å². The van der Waals surface area contributed by atoms with E-state index in [1.54, 1.807) is 39.8 Å². The van der Waals surface area contributed by atoms with E-state index in [0.29, 0.717) is 51.4 Å². The van der Waals surface area contributed by atoms with E-state index in [9.17, 15) is 55.1 Å². The Morgan fingerprint density at radius 3 is 1.84 bits per heavy atom. The van der Waals surface area contributed by atoms with Gasteiger partial charge in [0.05, 0.1) is 31.5 Å². The van der Waals surface area contributed by atoms with Gasteiger partial charge in [-0.15, -0.1) is 0 Å². The fraction of sp³-hybridized carbons (Fsp3) is 0.816. The van der Waals surface area contributed by atoms with Crippen LogP contribution in [-0.2, 0) is 62.3 Å². The number of likely N-dealkylation sites (N-methyl/N-ethyl adjacent to an activating group) is 7. The molecule has 4 aliphatic carbocycles. The van der Waals surface area contributed by atoms with Crippen LogP contribution in [0, 0.1) is 35.5 Å². The lowest BCUT2D eigenvalue weighted by Crippen LogP contribution is -2.68. The number of fused-ring (bicyclic) bond motifs is 3. The smallest absolute Gasteiger partial charge is 0.377 e. The van der Waals surface area contributed by atoms with Gasteiger partial charge in [0, 0.05) is 82.0 Å². The van der Waals surface area contributed by atoms with E-state index in [4.69, 9.17) is 4.74 Å². The number of hydrogen-bond acceptors (Lipinski definition) is 13. The monoisotopic (exact) mass is 1560 g/mol. The van der Waals surface area contributed by atoms with E-state index in [-0.39, 0.29) is 103 Å². The number of alkyl halides is 8. The van der Waals surface area contributed by atoms with Crippen LogP contribution in [0.15, 0.2) is 12.2 Å². The highest BCUT2D eigenvalue weighted by Gasteiger charge is 2.56. The van der Waals surface area contributed by atoms with Crippen molar-refractivity contribution in [2.45, 2.75) is 273 Å². The zero-order valence-corrected chi connectivity index (χ0v) is 65.5. The minimum Gasteiger partial charge on any atom is -0.377 e. The summed E-state index contributed by atoms with van der Waals surface area (Å²) in [5.41, 5.74) is -1.69. The first-order valence-corrected chi connectivity index (χ1v) is 39.3. The zero-order valence-electron chi connectivity index (χ0n) is 65.5. The quantitative estimate of drug-likeness (QED) is 0.111. The van der Waals surface area contributed by atoms with E-state index in [1.807, 2.05) is 6.92 Å². The third-order valence-electron chi connectivity index (χ3n) is 24.5. The van der Waals surface area contributed by atoms with Crippen LogP contribution in [0.2, 0.25) is 0 Å². The van der Waals surface area contributed by atoms with Crippen LogP contribution < -0.4 is 16.0 Å². The van der Waals surface area contributed by atoms with Gasteiger partial charge in [-0.25, -0.2) is 8.78 Å². The van der Waals surface area contributed by atoms with Crippen LogP contribution in [0.1, 0.15) is 189 Å². The molecule has 4 saturated carbocycles. The number of carbonyl (C=O) groups is 12. The molecular weight excluding hydrogens is 1440 g/mol. The molecule has 1 spiro atoms. The summed E-state index contributed by atoms with van der Waals surface area (Å²) < 4.78 is 121. The molecular formula is C76H118F8N12O13. The molecule has 6 fully saturated rings. The second-order valence-corrected chi connectivity index (χ2v) is 31.8. The zero-order chi connectivity index (χ0) is 80.9. The molecule has 12 amide bonds. The normalized spacial score (nSPS) is 31.7. The Morgan fingerprint density at radius 1 is 0.642 bits per heavy atom. The molecule has 33 heteroatoms. The van der Waals surface area contributed by atoms with Crippen molar-refractivity contribution < 1.29 is 97.4 Å². The lowest BCUT2D eigenvalue weighted by atomic mass is 9.74. The summed E-state index contributed by atoms with van der Waals surface area (Å²) in [5.74, 6) is -16.7. The molecule has 0 aromatic carbocycles. The summed E-state index contributed by atoms with van der Waals surface area (Å²) in [7, 11) is 9.53. The van der Waals surface area contributed by atoms with Crippen molar-refractivity contribution in [1.82, 2.24) is 60.0 Å². The minimum atomic E-state index is -5.22. The van der Waals surface area contributed by atoms with Gasteiger partial charge < -0.3 is 64.8 Å². The van der Waals surface area contributed by atoms with Crippen LogP contribution in [-0.4, -0.2) is 288 Å². The van der Waals surface area contributed by atoms with Crippen molar-refractivity contribution in [3.63, 3.8) is 0 Å². The number of hydrogen-bond donors (Lipinski definition) is 3. The SMILES string of the molecule is CCCC[C@H]1C(=O)N[C@@H]([C@@H](C)CC)C(=O)N(C)CC(=O)N(C)[C@H]2C/C=C\CCN(C2=O)[C@@H](CC2CCC(C(F)(F)F)CC2)C(=O)N(C)CC(=O)N[C@@H](CCC2CC(F)C(C(F)(F)F)C(F)C2)C(=O)N2C[C@H](OCC)C[C@H]2C(=O)NC2(CCC2)C(=O)N(C)[C@@H](C2CCCC2)C(=O)N(C)[C@H](C(=O)N(C)CC)CC(=O)N1C. The number of ether oxygens (including phenoxy) is 1. The Hall–Kier alpha value is -7.22. The summed E-state index contributed by atoms with van der Waals surface area (Å²) in [4.78, 5) is 192. The van der Waals surface area contributed by atoms with Gasteiger partial charge >= 0.3 is 12.4 Å². The average molecular weight is 1560 g/mol. The maximum absolute atomic E-state index is 15.6. The van der Waals surface area contributed by atoms with Crippen molar-refractivity contribution in [1.29, 1.82) is 0 Å². The molecule has 2 saturated heterocycles. The molecule has 0 radical (unpaired) electrons. The number of halogens is 8. The largest absolute Gasteiger partial charge is 0.397 e. The molecule has 3 aliphatic heterocycles. The highest BCUT2D eigenvalue weighted by atomic mass is 19.4. The number of unbranched alkanes of at least 4 members (excludes halogenated alkanes) is 1. The summed E-state index contributed by atoms with van der Waals surface area (Å²) >= 11 is 0. The summed E-state index contributed by atoms with van der Waals surface area (Å²) in [6.07, 6.45) is -12.1. The Bertz CT molecular complexity index is 3230. The number of nitrogens with one attached hydrogen (secondary N) is 3. The summed E-state index contributed by atoms with van der Waals surface area (Å²) in [6, 6.07) is -11.3. The highest BCUT2D eigenvalue weighted by molar-refractivity contribution is 6.01. The molecule has 7 rings (SSSR count). The Kier molecular flexibility index (Phi) is 31.7. The Labute approximate surface area is 635 Å². The number of amides is 12. The van der Waals surface area contributed by atoms with E-state index in [1.165, 1.54) is 68.9 Å². The average Bonchev–Trinajstić information content (AvgIpc) is 1.72. The highest BCUT2D eigenvalue weighted by Crippen LogP contribution is 2.46. The number of carbonyl (C=O) groups excluding carboxylic acids is 12. The van der Waals surface area contributed by atoms with Crippen molar-refractivity contribution >= 4 is 70.9 Å². The number of rotatable bonds is 15. The van der Waals surface area contributed by atoms with Crippen molar-refractivity contribution in [2.75, 3.05) is 88.7 Å². The molecule has 0 aromatic heterocycles. The van der Waals surface area contributed by atoms with Gasteiger partial charge in [-0.05, 0) is 147 Å². The van der Waals surface area contributed by atoms with Gasteiger partial charge in [-0.2, -0.15) is 26.3 Å². The van der Waals surface area contributed by atoms with Gasteiger partial charge in [0.15, 0.2) is 0 Å². The minimum absolute atomic E-state index is 0.00399. The maximum atomic E-state index is 15.6. The second-order valence-electron chi connectivity index (χ2n) is 31.8. The third kappa shape index (κ3) is 21.7. The molecule has 7 aliphatic rings. The summed E-state index contributed by atoms with van der Waals surface area (Å²) in [6.45, 7) is 6.98. The molecule has 616 valence electrons. The maximum Gasteiger partial charge on any atom is 0.397 e. The first-order chi connectivity index (χ1) is 51.2. The van der Waals surface area contributed by atoms with Gasteiger partial charge in [0.1, 0.15) is 72.1 Å². The topological polar surface area (TPSA) is 279 Å². The molecule has 2 bridgehead atoms. The fourth-order valence-corrected chi connectivity index (χ4v) is 17.1. The second kappa shape index (κ2) is 38.8. The molecule has 25 nitrogen and oxygen atoms in total. The predicted molar refractivity (Wildman–Crippen MR) is 386 cm³/mol. The van der Waals surface area contributed by atoms with Gasteiger partial charge in [-0.3, -0.25) is 57.5 Å². The first-order valence-electron chi connectivity index (χ1n) is 39.3. The van der Waals surface area contributed by atoms with Crippen LogP contribution >= 0.6 is 0 Å². The lowest BCUT2D eigenvalue weighted by Gasteiger charge is -2.46. The van der Waals surface area contributed by atoms with E-state index in [0.717, 1.165) is 24.5 Å². The Morgan fingerprint density at radius 2 is 1.28 bits per heavy atom. The summed E-state index contributed by atoms with van der Waals surface area (Å²) in [5, 5.41) is 8.43. The van der Waals surface area contributed by atoms with Gasteiger partial charge in [-0.1, -0.05) is 65.0 Å². The third-order valence-corrected chi connectivity index (χ3v) is 24.5. The standard InChI is InChI=1S/C76H118F8N12O13/c1-13-17-26-54-65(100)86-63(45(5)14-2)71(106)90(8)44-61(99)92(10)55-27-19-18-22-36-95(70(55)105)58(39-46-28-31-49(32-29-46)75(79,80)81)69(104)89(7)43-59(97)85-53(33-30-47-37-51(77)62(52(78)38-47)76(82,83)84)67(102)96-42-50(109-16-4)40-56(96)66(101)87-74(34-23-35-74)73(108)94(12)64(48-24-20-21-25-48)72(107)93(11)57(41-60(98)91(54)9)68(103)88(6)15-3/h18-19,45-58,62-64H,13-17,20-44H2,1-12H3,(H,85,97)(H,86,100)(H,87,101)/b19-18-/t45-,46?,47?,49?,50+,51?,52?,53-,54-,55-,56-,57-,58-,62?,63-,64-/m0/s1. The van der Waals surface area contributed by atoms with Gasteiger partial charge in [0.25, 0.3) is 0 Å². The first kappa shape index (κ1) is 89.0. The molecule has 3 N–H and O–H groups in total. The Balaban J connectivity index is 1.33. The van der Waals surface area contributed by atoms with Crippen molar-refractivity contribution in [3.8, 4) is 0 Å². The molecule has 109 heavy (non-hydrogen) atoms. The molecule has 0 aromatic rings. The fourth-order valence-electron chi connectivity index (χ4n) is 17.1. The lowest BCUT2D eigenvalue weighted by molar-refractivity contribution is -0.219. The molecule has 12 atom stereocenters. The van der Waals surface area contributed by atoms with Crippen LogP contribution in [0.3, 0.4) is 0 Å². The van der Waals surface area contributed by atoms with Crippen molar-refractivity contribution in [2.24, 2.45) is 35.5 Å². The number of nitrogens with zero attached hydrogens (tertiary/aromatic N) is 9. The van der Waals surface area contributed by atoms with Crippen LogP contribution in [0.4, 0.5) is 35.1 Å². The molecule has 2 unspecified atom stereocenters. The van der Waals surface area contributed by atoms with E-state index in [2.05, 4.69) is 16.0 Å². The van der Waals surface area contributed by atoms with Crippen molar-refractivity contribution in [3.05, 3.63) is 12.2 Å².